The summed E-state index contributed by atoms with van der Waals surface area (Å²) in [4.78, 5) is 0. The van der Waals surface area contributed by atoms with Crippen molar-refractivity contribution in [3.63, 3.8) is 0 Å². The number of hydrogen-bond acceptors (Lipinski definition) is 1. The molecule has 0 aliphatic heterocycles. The van der Waals surface area contributed by atoms with Gasteiger partial charge in [0.25, 0.3) is 0 Å². The van der Waals surface area contributed by atoms with E-state index in [1.165, 1.54) is 36.8 Å². The number of aliphatic hydroxyl groups is 1. The lowest BCUT2D eigenvalue weighted by Gasteiger charge is -2.29. The summed E-state index contributed by atoms with van der Waals surface area (Å²) in [7, 11) is 0. The summed E-state index contributed by atoms with van der Waals surface area (Å²) in [6.45, 7) is 4.44. The second-order valence-corrected chi connectivity index (χ2v) is 6.11. The van der Waals surface area contributed by atoms with E-state index in [1.54, 1.807) is 0 Å². The first kappa shape index (κ1) is 13.6. The van der Waals surface area contributed by atoms with Crippen molar-refractivity contribution in [2.75, 3.05) is 0 Å². The van der Waals surface area contributed by atoms with Crippen LogP contribution >= 0.6 is 0 Å². The molecule has 1 unspecified atom stereocenters. The van der Waals surface area contributed by atoms with E-state index in [4.69, 9.17) is 0 Å². The van der Waals surface area contributed by atoms with Crippen molar-refractivity contribution in [3.8, 4) is 0 Å². The Morgan fingerprint density at radius 2 is 1.72 bits per heavy atom. The van der Waals surface area contributed by atoms with Crippen LogP contribution in [-0.2, 0) is 6.42 Å². The average molecular weight is 246 g/mol. The molecule has 2 rings (SSSR count). The quantitative estimate of drug-likeness (QED) is 0.847. The highest BCUT2D eigenvalue weighted by atomic mass is 16.3. The number of aryl methyl sites for hydroxylation is 2. The van der Waals surface area contributed by atoms with E-state index in [1.807, 2.05) is 0 Å². The Kier molecular flexibility index (Phi) is 4.82. The number of hydrogen-bond donors (Lipinski definition) is 1. The summed E-state index contributed by atoms with van der Waals surface area (Å²) in [5, 5.41) is 10.3. The lowest BCUT2D eigenvalue weighted by atomic mass is 9.79. The van der Waals surface area contributed by atoms with Crippen LogP contribution in [0.1, 0.15) is 50.2 Å². The van der Waals surface area contributed by atoms with Gasteiger partial charge >= 0.3 is 0 Å². The van der Waals surface area contributed by atoms with Gasteiger partial charge in [-0.2, -0.15) is 0 Å². The molecule has 1 fully saturated rings. The van der Waals surface area contributed by atoms with Crippen LogP contribution in [0, 0.1) is 18.8 Å². The topological polar surface area (TPSA) is 20.2 Å². The molecule has 100 valence electrons. The lowest BCUT2D eigenvalue weighted by Crippen LogP contribution is -2.25. The van der Waals surface area contributed by atoms with Crippen molar-refractivity contribution in [3.05, 3.63) is 35.4 Å². The molecule has 0 aromatic heterocycles. The Hall–Kier alpha value is -0.820. The van der Waals surface area contributed by atoms with Gasteiger partial charge in [0.05, 0.1) is 6.10 Å². The maximum absolute atomic E-state index is 10.3. The molecule has 1 aromatic carbocycles. The maximum atomic E-state index is 10.3. The molecule has 0 amide bonds. The van der Waals surface area contributed by atoms with Gasteiger partial charge in [-0.1, -0.05) is 49.6 Å². The molecule has 1 saturated carbocycles. The van der Waals surface area contributed by atoms with E-state index in [9.17, 15) is 5.11 Å². The minimum atomic E-state index is -0.0983. The smallest absolute Gasteiger partial charge is 0.0571 e. The summed E-state index contributed by atoms with van der Waals surface area (Å²) < 4.78 is 0. The molecule has 0 spiro atoms. The molecule has 1 aliphatic rings. The molecule has 1 atom stereocenters. The van der Waals surface area contributed by atoms with Crippen LogP contribution in [-0.4, -0.2) is 11.2 Å². The first-order chi connectivity index (χ1) is 8.65. The zero-order chi connectivity index (χ0) is 13.0. The first-order valence-electron chi connectivity index (χ1n) is 7.39. The molecule has 1 aromatic rings. The summed E-state index contributed by atoms with van der Waals surface area (Å²) in [5.41, 5.74) is 2.66. The van der Waals surface area contributed by atoms with Crippen LogP contribution in [0.5, 0.6) is 0 Å². The van der Waals surface area contributed by atoms with Crippen molar-refractivity contribution >= 4 is 0 Å². The monoisotopic (exact) mass is 246 g/mol. The summed E-state index contributed by atoms with van der Waals surface area (Å²) in [6.07, 6.45) is 6.86. The molecule has 1 heteroatoms. The Morgan fingerprint density at radius 1 is 1.11 bits per heavy atom. The fraction of sp³-hybridized carbons (Fsp3) is 0.647. The Morgan fingerprint density at radius 3 is 2.33 bits per heavy atom. The zero-order valence-electron chi connectivity index (χ0n) is 11.7. The zero-order valence-corrected chi connectivity index (χ0v) is 11.7. The van der Waals surface area contributed by atoms with E-state index < -0.39 is 0 Å². The number of rotatable bonds is 4. The fourth-order valence-corrected chi connectivity index (χ4v) is 2.98. The Labute approximate surface area is 111 Å². The van der Waals surface area contributed by atoms with Gasteiger partial charge in [-0.3, -0.25) is 0 Å². The average Bonchev–Trinajstić information content (AvgIpc) is 2.38. The van der Waals surface area contributed by atoms with Crippen LogP contribution in [0.15, 0.2) is 24.3 Å². The van der Waals surface area contributed by atoms with Crippen LogP contribution in [0.3, 0.4) is 0 Å². The summed E-state index contributed by atoms with van der Waals surface area (Å²) in [6, 6.07) is 8.68. The van der Waals surface area contributed by atoms with E-state index in [0.717, 1.165) is 18.8 Å². The predicted octanol–water partition coefficient (Wildman–Crippen LogP) is 4.11. The third kappa shape index (κ3) is 3.84. The van der Waals surface area contributed by atoms with Gasteiger partial charge in [-0.05, 0) is 50.0 Å². The van der Waals surface area contributed by atoms with Gasteiger partial charge in [-0.15, -0.1) is 0 Å². The van der Waals surface area contributed by atoms with E-state index in [-0.39, 0.29) is 6.10 Å². The molecule has 18 heavy (non-hydrogen) atoms. The molecule has 1 nitrogen and oxygen atoms in total. The largest absolute Gasteiger partial charge is 0.393 e. The van der Waals surface area contributed by atoms with Gasteiger partial charge in [0, 0.05) is 0 Å². The van der Waals surface area contributed by atoms with E-state index in [2.05, 4.69) is 38.1 Å². The van der Waals surface area contributed by atoms with Crippen molar-refractivity contribution in [1.29, 1.82) is 0 Å². The SMILES string of the molecule is Cc1ccc(CCC(O)C2CCC(C)CC2)cc1. The highest BCUT2D eigenvalue weighted by molar-refractivity contribution is 5.21. The summed E-state index contributed by atoms with van der Waals surface area (Å²) >= 11 is 0. The maximum Gasteiger partial charge on any atom is 0.0571 e. The van der Waals surface area contributed by atoms with Crippen LogP contribution in [0.4, 0.5) is 0 Å². The molecule has 1 N–H and O–H groups in total. The predicted molar refractivity (Wildman–Crippen MR) is 76.6 cm³/mol. The first-order valence-corrected chi connectivity index (χ1v) is 7.39. The highest BCUT2D eigenvalue weighted by Gasteiger charge is 2.24. The summed E-state index contributed by atoms with van der Waals surface area (Å²) in [5.74, 6) is 1.41. The molecule has 0 saturated heterocycles. The van der Waals surface area contributed by atoms with Crippen molar-refractivity contribution in [2.45, 2.75) is 58.5 Å². The van der Waals surface area contributed by atoms with Crippen molar-refractivity contribution < 1.29 is 5.11 Å². The van der Waals surface area contributed by atoms with Crippen LogP contribution < -0.4 is 0 Å². The van der Waals surface area contributed by atoms with Crippen molar-refractivity contribution in [1.82, 2.24) is 0 Å². The second-order valence-electron chi connectivity index (χ2n) is 6.11. The lowest BCUT2D eigenvalue weighted by molar-refractivity contribution is 0.0690. The van der Waals surface area contributed by atoms with Crippen molar-refractivity contribution in [2.24, 2.45) is 11.8 Å². The van der Waals surface area contributed by atoms with Gasteiger partial charge in [0.15, 0.2) is 0 Å². The molecule has 1 aliphatic carbocycles. The number of benzene rings is 1. The highest BCUT2D eigenvalue weighted by Crippen LogP contribution is 2.31. The Balaban J connectivity index is 1.77. The minimum Gasteiger partial charge on any atom is -0.393 e. The Bertz CT molecular complexity index is 346. The van der Waals surface area contributed by atoms with Gasteiger partial charge in [-0.25, -0.2) is 0 Å². The molecule has 0 bridgehead atoms. The van der Waals surface area contributed by atoms with E-state index in [0.29, 0.717) is 5.92 Å². The van der Waals surface area contributed by atoms with Crippen LogP contribution in [0.2, 0.25) is 0 Å². The second kappa shape index (κ2) is 6.38. The third-order valence-electron chi connectivity index (χ3n) is 4.45. The minimum absolute atomic E-state index is 0.0983. The normalized spacial score (nSPS) is 25.9. The molecular weight excluding hydrogens is 220 g/mol. The molecular formula is C17H26O. The van der Waals surface area contributed by atoms with Gasteiger partial charge < -0.3 is 5.11 Å². The third-order valence-corrected chi connectivity index (χ3v) is 4.45. The number of aliphatic hydroxyl groups excluding tert-OH is 1. The standard InChI is InChI=1S/C17H26O/c1-13-3-7-15(8-4-13)9-12-17(18)16-10-5-14(2)6-11-16/h3-4,7-8,14,16-18H,5-6,9-12H2,1-2H3. The molecule has 0 radical (unpaired) electrons. The van der Waals surface area contributed by atoms with Crippen LogP contribution in [0.25, 0.3) is 0 Å². The van der Waals surface area contributed by atoms with Gasteiger partial charge in [0.2, 0.25) is 0 Å². The van der Waals surface area contributed by atoms with Gasteiger partial charge in [0.1, 0.15) is 0 Å². The van der Waals surface area contributed by atoms with E-state index >= 15 is 0 Å². The molecule has 0 heterocycles. The fourth-order valence-electron chi connectivity index (χ4n) is 2.98.